The maximum atomic E-state index is 2.70. The second-order valence-corrected chi connectivity index (χ2v) is 4.13. The second-order valence-electron chi connectivity index (χ2n) is 4.13. The molecule has 0 aromatic rings. The molecular weight excluding hydrogens is 134 g/mol. The van der Waals surface area contributed by atoms with Crippen LogP contribution in [-0.2, 0) is 0 Å². The van der Waals surface area contributed by atoms with Crippen molar-refractivity contribution in [2.75, 3.05) is 13.1 Å². The zero-order valence-electron chi connectivity index (χ0n) is 7.55. The Morgan fingerprint density at radius 1 is 1.27 bits per heavy atom. The molecule has 0 aromatic heterocycles. The van der Waals surface area contributed by atoms with Crippen molar-refractivity contribution in [3.8, 4) is 0 Å². The molecule has 11 heavy (non-hydrogen) atoms. The van der Waals surface area contributed by atoms with Gasteiger partial charge in [0.15, 0.2) is 0 Å². The highest BCUT2D eigenvalue weighted by Crippen LogP contribution is 2.31. The number of hydrogen-bond donors (Lipinski definition) is 0. The Kier molecular flexibility index (Phi) is 2.17. The van der Waals surface area contributed by atoms with Gasteiger partial charge < -0.3 is 4.90 Å². The molecule has 0 bridgehead atoms. The lowest BCUT2D eigenvalue weighted by molar-refractivity contribution is 0.150. The summed E-state index contributed by atoms with van der Waals surface area (Å²) < 4.78 is 0. The van der Waals surface area contributed by atoms with Crippen LogP contribution in [0.1, 0.15) is 39.0 Å². The van der Waals surface area contributed by atoms with Crippen molar-refractivity contribution in [1.29, 1.82) is 0 Å². The molecular formula is C10H19N. The first-order chi connectivity index (χ1) is 5.40. The summed E-state index contributed by atoms with van der Waals surface area (Å²) in [5, 5.41) is 0. The Labute approximate surface area is 69.8 Å². The molecule has 0 aliphatic carbocycles. The number of hydrogen-bond acceptors (Lipinski definition) is 1. The number of piperidine rings is 1. The molecule has 2 aliphatic heterocycles. The molecule has 2 saturated heterocycles. The van der Waals surface area contributed by atoms with Crippen LogP contribution >= 0.6 is 0 Å². The van der Waals surface area contributed by atoms with Crippen LogP contribution in [0.5, 0.6) is 0 Å². The lowest BCUT2D eigenvalue weighted by Crippen LogP contribution is -2.37. The van der Waals surface area contributed by atoms with Crippen LogP contribution in [0.25, 0.3) is 0 Å². The average molecular weight is 153 g/mol. The Hall–Kier alpha value is -0.0400. The van der Waals surface area contributed by atoms with Gasteiger partial charge in [0.25, 0.3) is 0 Å². The standard InChI is InChI=1S/C10H19N/c1-2-9-5-7-11-6-3-4-10(11)8-9/h9-10H,2-8H2,1H3/t9-,10-/m0/s1. The van der Waals surface area contributed by atoms with Gasteiger partial charge in [-0.3, -0.25) is 0 Å². The minimum atomic E-state index is 0.980. The molecule has 0 aromatic carbocycles. The minimum Gasteiger partial charge on any atom is -0.300 e. The summed E-state index contributed by atoms with van der Waals surface area (Å²) in [7, 11) is 0. The van der Waals surface area contributed by atoms with Crippen LogP contribution in [0.4, 0.5) is 0 Å². The quantitative estimate of drug-likeness (QED) is 0.558. The molecule has 0 amide bonds. The Bertz CT molecular complexity index is 133. The monoisotopic (exact) mass is 153 g/mol. The predicted molar refractivity (Wildman–Crippen MR) is 47.6 cm³/mol. The lowest BCUT2D eigenvalue weighted by Gasteiger charge is -2.34. The van der Waals surface area contributed by atoms with E-state index in [-0.39, 0.29) is 0 Å². The first kappa shape index (κ1) is 7.60. The van der Waals surface area contributed by atoms with Gasteiger partial charge in [0.1, 0.15) is 0 Å². The fourth-order valence-corrected chi connectivity index (χ4v) is 2.68. The molecule has 2 fully saturated rings. The van der Waals surface area contributed by atoms with E-state index < -0.39 is 0 Å². The summed E-state index contributed by atoms with van der Waals surface area (Å²) in [6.07, 6.45) is 7.31. The lowest BCUT2D eigenvalue weighted by atomic mass is 9.89. The Morgan fingerprint density at radius 2 is 2.18 bits per heavy atom. The Morgan fingerprint density at radius 3 is 3.00 bits per heavy atom. The van der Waals surface area contributed by atoms with Crippen molar-refractivity contribution in [1.82, 2.24) is 4.90 Å². The van der Waals surface area contributed by atoms with E-state index in [0.717, 1.165) is 12.0 Å². The highest BCUT2D eigenvalue weighted by atomic mass is 15.2. The summed E-state index contributed by atoms with van der Waals surface area (Å²) >= 11 is 0. The molecule has 2 atom stereocenters. The van der Waals surface area contributed by atoms with E-state index >= 15 is 0 Å². The van der Waals surface area contributed by atoms with Gasteiger partial charge in [-0.25, -0.2) is 0 Å². The van der Waals surface area contributed by atoms with Crippen LogP contribution in [0.3, 0.4) is 0 Å². The number of rotatable bonds is 1. The van der Waals surface area contributed by atoms with Gasteiger partial charge in [0.05, 0.1) is 0 Å². The van der Waals surface area contributed by atoms with Crippen LogP contribution in [0.2, 0.25) is 0 Å². The number of fused-ring (bicyclic) bond motifs is 1. The van der Waals surface area contributed by atoms with E-state index in [1.54, 1.807) is 0 Å². The maximum absolute atomic E-state index is 2.70. The summed E-state index contributed by atoms with van der Waals surface area (Å²) in [4.78, 5) is 2.70. The first-order valence-corrected chi connectivity index (χ1v) is 5.14. The minimum absolute atomic E-state index is 0.980. The number of nitrogens with zero attached hydrogens (tertiary/aromatic N) is 1. The zero-order chi connectivity index (χ0) is 7.68. The highest BCUT2D eigenvalue weighted by Gasteiger charge is 2.30. The summed E-state index contributed by atoms with van der Waals surface area (Å²) in [5.41, 5.74) is 0. The smallest absolute Gasteiger partial charge is 0.00983 e. The highest BCUT2D eigenvalue weighted by molar-refractivity contribution is 4.85. The van der Waals surface area contributed by atoms with Crippen LogP contribution in [-0.4, -0.2) is 24.0 Å². The van der Waals surface area contributed by atoms with Gasteiger partial charge in [-0.2, -0.15) is 0 Å². The van der Waals surface area contributed by atoms with Gasteiger partial charge in [-0.15, -0.1) is 0 Å². The summed E-state index contributed by atoms with van der Waals surface area (Å²) in [6, 6.07) is 0.980. The van der Waals surface area contributed by atoms with E-state index in [1.807, 2.05) is 0 Å². The zero-order valence-corrected chi connectivity index (χ0v) is 7.55. The van der Waals surface area contributed by atoms with Gasteiger partial charge in [0.2, 0.25) is 0 Å². The van der Waals surface area contributed by atoms with E-state index in [2.05, 4.69) is 11.8 Å². The van der Waals surface area contributed by atoms with Gasteiger partial charge in [0, 0.05) is 6.04 Å². The topological polar surface area (TPSA) is 3.24 Å². The van der Waals surface area contributed by atoms with Crippen molar-refractivity contribution in [2.45, 2.75) is 45.1 Å². The summed E-state index contributed by atoms with van der Waals surface area (Å²) in [5.74, 6) is 1.05. The van der Waals surface area contributed by atoms with E-state index in [0.29, 0.717) is 0 Å². The molecule has 0 saturated carbocycles. The van der Waals surface area contributed by atoms with Crippen LogP contribution in [0.15, 0.2) is 0 Å². The van der Waals surface area contributed by atoms with Crippen molar-refractivity contribution in [3.63, 3.8) is 0 Å². The van der Waals surface area contributed by atoms with Gasteiger partial charge in [-0.1, -0.05) is 13.3 Å². The van der Waals surface area contributed by atoms with E-state index in [9.17, 15) is 0 Å². The SMILES string of the molecule is CC[C@H]1CCN2CCC[C@H]2C1. The first-order valence-electron chi connectivity index (χ1n) is 5.14. The molecule has 0 unspecified atom stereocenters. The van der Waals surface area contributed by atoms with Crippen molar-refractivity contribution < 1.29 is 0 Å². The molecule has 64 valence electrons. The Balaban J connectivity index is 1.91. The third-order valence-corrected chi connectivity index (χ3v) is 3.51. The molecule has 0 spiro atoms. The van der Waals surface area contributed by atoms with Crippen LogP contribution in [0, 0.1) is 5.92 Å². The van der Waals surface area contributed by atoms with Crippen molar-refractivity contribution in [2.24, 2.45) is 5.92 Å². The average Bonchev–Trinajstić information content (AvgIpc) is 2.50. The van der Waals surface area contributed by atoms with Gasteiger partial charge in [-0.05, 0) is 44.7 Å². The van der Waals surface area contributed by atoms with E-state index in [1.165, 1.54) is 45.2 Å². The molecule has 0 N–H and O–H groups in total. The summed E-state index contributed by atoms with van der Waals surface area (Å²) in [6.45, 7) is 5.12. The molecule has 1 heteroatoms. The fraction of sp³-hybridized carbons (Fsp3) is 1.00. The molecule has 2 rings (SSSR count). The molecule has 2 aliphatic rings. The van der Waals surface area contributed by atoms with Crippen molar-refractivity contribution in [3.05, 3.63) is 0 Å². The van der Waals surface area contributed by atoms with E-state index in [4.69, 9.17) is 0 Å². The predicted octanol–water partition coefficient (Wildman–Crippen LogP) is 2.27. The molecule has 0 radical (unpaired) electrons. The van der Waals surface area contributed by atoms with Crippen LogP contribution < -0.4 is 0 Å². The third-order valence-electron chi connectivity index (χ3n) is 3.51. The third kappa shape index (κ3) is 1.44. The second kappa shape index (κ2) is 3.14. The normalized spacial score (nSPS) is 39.0. The van der Waals surface area contributed by atoms with Crippen molar-refractivity contribution >= 4 is 0 Å². The maximum Gasteiger partial charge on any atom is 0.00983 e. The molecule has 1 nitrogen and oxygen atoms in total. The van der Waals surface area contributed by atoms with Gasteiger partial charge >= 0.3 is 0 Å². The largest absolute Gasteiger partial charge is 0.300 e. The fourth-order valence-electron chi connectivity index (χ4n) is 2.68. The molecule has 2 heterocycles.